The largest absolute Gasteiger partial charge is 0.329 e. The van der Waals surface area contributed by atoms with Crippen LogP contribution in [0.15, 0.2) is 32.7 Å². The number of benzene rings is 1. The maximum absolute atomic E-state index is 12.1. The van der Waals surface area contributed by atoms with Crippen molar-refractivity contribution in [1.82, 2.24) is 9.55 Å². The lowest BCUT2D eigenvalue weighted by Crippen LogP contribution is -2.36. The molecule has 0 aliphatic heterocycles. The van der Waals surface area contributed by atoms with Gasteiger partial charge in [-0.2, -0.15) is 8.42 Å². The highest BCUT2D eigenvalue weighted by Crippen LogP contribution is 2.14. The van der Waals surface area contributed by atoms with Crippen LogP contribution in [0.1, 0.15) is 19.9 Å². The number of aromatic nitrogens is 2. The zero-order chi connectivity index (χ0) is 14.4. The second-order valence-electron chi connectivity index (χ2n) is 4.38. The number of nitrogens with zero attached hydrogens (tertiary/aromatic N) is 1. The van der Waals surface area contributed by atoms with Crippen molar-refractivity contribution in [2.45, 2.75) is 24.8 Å². The number of rotatable bonds is 2. The number of fused-ring (bicyclic) bond motifs is 1. The zero-order valence-electron chi connectivity index (χ0n) is 10.2. The molecule has 0 saturated heterocycles. The first-order chi connectivity index (χ1) is 8.71. The van der Waals surface area contributed by atoms with Crippen LogP contribution in [0.25, 0.3) is 10.9 Å². The van der Waals surface area contributed by atoms with E-state index in [1.807, 2.05) is 0 Å². The Morgan fingerprint density at radius 1 is 1.26 bits per heavy atom. The molecule has 0 amide bonds. The molecule has 1 aromatic heterocycles. The number of H-pyrrole nitrogens is 1. The SMILES string of the molecule is CC(C)n1c(=O)[nH]c2cc(S(=O)(=O)O)ccc2c1=O. The lowest BCUT2D eigenvalue weighted by molar-refractivity contribution is 0.483. The van der Waals surface area contributed by atoms with Crippen molar-refractivity contribution in [3.8, 4) is 0 Å². The quantitative estimate of drug-likeness (QED) is 0.781. The van der Waals surface area contributed by atoms with Crippen LogP contribution in [0.2, 0.25) is 0 Å². The second kappa shape index (κ2) is 4.32. The Morgan fingerprint density at radius 2 is 1.89 bits per heavy atom. The fraction of sp³-hybridized carbons (Fsp3) is 0.273. The van der Waals surface area contributed by atoms with Crippen LogP contribution in [0.5, 0.6) is 0 Å². The molecule has 1 heterocycles. The van der Waals surface area contributed by atoms with Gasteiger partial charge in [0.25, 0.3) is 15.7 Å². The third-order valence-electron chi connectivity index (χ3n) is 2.71. The molecule has 0 atom stereocenters. The van der Waals surface area contributed by atoms with Crippen LogP contribution < -0.4 is 11.2 Å². The van der Waals surface area contributed by atoms with Crippen LogP contribution >= 0.6 is 0 Å². The summed E-state index contributed by atoms with van der Waals surface area (Å²) in [5, 5.41) is 0.181. The van der Waals surface area contributed by atoms with Gasteiger partial charge in [-0.05, 0) is 32.0 Å². The van der Waals surface area contributed by atoms with Gasteiger partial charge in [0.2, 0.25) is 0 Å². The van der Waals surface area contributed by atoms with E-state index in [0.717, 1.165) is 16.7 Å². The van der Waals surface area contributed by atoms with Gasteiger partial charge >= 0.3 is 5.69 Å². The molecule has 0 fully saturated rings. The van der Waals surface area contributed by atoms with E-state index in [0.29, 0.717) is 0 Å². The van der Waals surface area contributed by atoms with E-state index in [-0.39, 0.29) is 21.8 Å². The minimum absolute atomic E-state index is 0.0713. The first-order valence-electron chi connectivity index (χ1n) is 5.48. The molecule has 0 radical (unpaired) electrons. The van der Waals surface area contributed by atoms with Crippen molar-refractivity contribution in [2.24, 2.45) is 0 Å². The van der Waals surface area contributed by atoms with Gasteiger partial charge in [-0.25, -0.2) is 4.79 Å². The molecule has 0 aliphatic carbocycles. The Labute approximate surface area is 108 Å². The van der Waals surface area contributed by atoms with Crippen molar-refractivity contribution in [1.29, 1.82) is 0 Å². The minimum atomic E-state index is -4.38. The van der Waals surface area contributed by atoms with Crippen LogP contribution in [0.4, 0.5) is 0 Å². The summed E-state index contributed by atoms with van der Waals surface area (Å²) in [5.41, 5.74) is -1.06. The first kappa shape index (κ1) is 13.5. The molecule has 2 N–H and O–H groups in total. The molecule has 0 aliphatic rings. The standard InChI is InChI=1S/C11H12N2O5S/c1-6(2)13-10(14)8-4-3-7(19(16,17)18)5-9(8)12-11(13)15/h3-6H,1-2H3,(H,12,15)(H,16,17,18). The molecule has 0 bridgehead atoms. The summed E-state index contributed by atoms with van der Waals surface area (Å²) in [6.45, 7) is 3.38. The average molecular weight is 284 g/mol. The smallest absolute Gasteiger partial charge is 0.307 e. The highest BCUT2D eigenvalue weighted by atomic mass is 32.2. The van der Waals surface area contributed by atoms with Crippen LogP contribution in [-0.2, 0) is 10.1 Å². The highest BCUT2D eigenvalue weighted by molar-refractivity contribution is 7.85. The van der Waals surface area contributed by atoms with Crippen LogP contribution in [0, 0.1) is 0 Å². The van der Waals surface area contributed by atoms with Gasteiger partial charge in [0.1, 0.15) is 0 Å². The lowest BCUT2D eigenvalue weighted by atomic mass is 10.2. The summed E-state index contributed by atoms with van der Waals surface area (Å²) in [6, 6.07) is 3.11. The van der Waals surface area contributed by atoms with Crippen LogP contribution in [0.3, 0.4) is 0 Å². The summed E-state index contributed by atoms with van der Waals surface area (Å²) in [4.78, 5) is 25.9. The van der Waals surface area contributed by atoms with Gasteiger partial charge in [0, 0.05) is 6.04 Å². The monoisotopic (exact) mass is 284 g/mol. The third-order valence-corrected chi connectivity index (χ3v) is 3.56. The molecule has 1 aromatic carbocycles. The Balaban J connectivity index is 2.90. The zero-order valence-corrected chi connectivity index (χ0v) is 11.1. The van der Waals surface area contributed by atoms with E-state index < -0.39 is 21.4 Å². The predicted molar refractivity (Wildman–Crippen MR) is 69.0 cm³/mol. The van der Waals surface area contributed by atoms with Crippen LogP contribution in [-0.4, -0.2) is 22.5 Å². The topological polar surface area (TPSA) is 109 Å². The normalized spacial score (nSPS) is 12.2. The molecule has 2 aromatic rings. The maximum Gasteiger partial charge on any atom is 0.329 e. The average Bonchev–Trinajstić information content (AvgIpc) is 2.26. The molecule has 7 nitrogen and oxygen atoms in total. The van der Waals surface area contributed by atoms with Gasteiger partial charge in [0.05, 0.1) is 15.8 Å². The molecule has 0 saturated carbocycles. The molecular weight excluding hydrogens is 272 g/mol. The van der Waals surface area contributed by atoms with Crippen molar-refractivity contribution < 1.29 is 13.0 Å². The second-order valence-corrected chi connectivity index (χ2v) is 5.80. The highest BCUT2D eigenvalue weighted by Gasteiger charge is 2.14. The first-order valence-corrected chi connectivity index (χ1v) is 6.92. The number of nitrogens with one attached hydrogen (secondary N) is 1. The number of hydrogen-bond acceptors (Lipinski definition) is 4. The number of hydrogen-bond donors (Lipinski definition) is 2. The van der Waals surface area contributed by atoms with Crippen molar-refractivity contribution in [3.05, 3.63) is 39.0 Å². The molecule has 8 heteroatoms. The summed E-state index contributed by atoms with van der Waals surface area (Å²) in [7, 11) is -4.38. The van der Waals surface area contributed by atoms with E-state index in [9.17, 15) is 18.0 Å². The van der Waals surface area contributed by atoms with E-state index in [1.54, 1.807) is 13.8 Å². The summed E-state index contributed by atoms with van der Waals surface area (Å²) >= 11 is 0. The maximum atomic E-state index is 12.1. The summed E-state index contributed by atoms with van der Waals surface area (Å²) < 4.78 is 32.0. The van der Waals surface area contributed by atoms with Crippen molar-refractivity contribution >= 4 is 21.0 Å². The third kappa shape index (κ3) is 2.32. The molecule has 102 valence electrons. The van der Waals surface area contributed by atoms with Gasteiger partial charge in [0.15, 0.2) is 0 Å². The molecule has 0 spiro atoms. The Bertz CT molecular complexity index is 861. The fourth-order valence-corrected chi connectivity index (χ4v) is 2.35. The predicted octanol–water partition coefficient (Wildman–Crippen LogP) is 0.517. The molecule has 19 heavy (non-hydrogen) atoms. The fourth-order valence-electron chi connectivity index (χ4n) is 1.84. The van der Waals surface area contributed by atoms with E-state index in [2.05, 4.69) is 4.98 Å². The Kier molecular flexibility index (Phi) is 3.07. The van der Waals surface area contributed by atoms with Crippen molar-refractivity contribution in [2.75, 3.05) is 0 Å². The van der Waals surface area contributed by atoms with E-state index >= 15 is 0 Å². The molecule has 0 unspecified atom stereocenters. The van der Waals surface area contributed by atoms with Gasteiger partial charge in [-0.3, -0.25) is 13.9 Å². The van der Waals surface area contributed by atoms with E-state index in [4.69, 9.17) is 4.55 Å². The van der Waals surface area contributed by atoms with Gasteiger partial charge < -0.3 is 4.98 Å². The Morgan fingerprint density at radius 3 is 2.42 bits per heavy atom. The summed E-state index contributed by atoms with van der Waals surface area (Å²) in [6.07, 6.45) is 0. The lowest BCUT2D eigenvalue weighted by Gasteiger charge is -2.09. The van der Waals surface area contributed by atoms with Crippen molar-refractivity contribution in [3.63, 3.8) is 0 Å². The Hall–Kier alpha value is -1.93. The molecule has 2 rings (SSSR count). The van der Waals surface area contributed by atoms with Gasteiger partial charge in [-0.15, -0.1) is 0 Å². The van der Waals surface area contributed by atoms with Gasteiger partial charge in [-0.1, -0.05) is 0 Å². The minimum Gasteiger partial charge on any atom is -0.307 e. The molecular formula is C11H12N2O5S. The van der Waals surface area contributed by atoms with E-state index in [1.165, 1.54) is 6.07 Å². The summed E-state index contributed by atoms with van der Waals surface area (Å²) in [5.74, 6) is 0. The number of aromatic amines is 1.